The van der Waals surface area contributed by atoms with E-state index in [1.54, 1.807) is 83.1 Å². The van der Waals surface area contributed by atoms with E-state index < -0.39 is 70.2 Å². The normalized spacial score (nSPS) is 18.0. The molecule has 0 aromatic heterocycles. The molecule has 1 fully saturated rings. The second-order valence-corrected chi connectivity index (χ2v) is 17.9. The SMILES string of the molecule is CC(C)(C)OC(=O)CC(NC(=O)CN1CCOCCOCCN(CC(=O)NC(CC(=O)OC(C)(C)C)C(=O)OC(C)(C)C)CCOCCOCC1)C(=O)OC(C)(C)C. The fourth-order valence-corrected chi connectivity index (χ4v) is 5.08. The first-order chi connectivity index (χ1) is 26.7. The largest absolute Gasteiger partial charge is 0.460 e. The van der Waals surface area contributed by atoms with Gasteiger partial charge in [-0.3, -0.25) is 29.0 Å². The molecule has 1 rings (SSSR count). The third-order valence-corrected chi connectivity index (χ3v) is 7.32. The monoisotopic (exact) mass is 833 g/mol. The van der Waals surface area contributed by atoms with Crippen LogP contribution in [0.3, 0.4) is 0 Å². The summed E-state index contributed by atoms with van der Waals surface area (Å²) in [6, 6.07) is -2.49. The molecule has 1 heterocycles. The van der Waals surface area contributed by atoms with Gasteiger partial charge in [-0.2, -0.15) is 0 Å². The molecule has 1 aliphatic heterocycles. The van der Waals surface area contributed by atoms with Gasteiger partial charge in [0.25, 0.3) is 0 Å². The number of amides is 2. The molecule has 0 spiro atoms. The predicted octanol–water partition coefficient (Wildman–Crippen LogP) is 1.79. The summed E-state index contributed by atoms with van der Waals surface area (Å²) in [5, 5.41) is 5.28. The Balaban J connectivity index is 2.81. The van der Waals surface area contributed by atoms with Crippen LogP contribution < -0.4 is 10.6 Å². The lowest BCUT2D eigenvalue weighted by molar-refractivity contribution is -0.165. The fraction of sp³-hybridized carbons (Fsp3) is 0.850. The highest BCUT2D eigenvalue weighted by atomic mass is 16.6. The van der Waals surface area contributed by atoms with Gasteiger partial charge in [0, 0.05) is 26.2 Å². The van der Waals surface area contributed by atoms with Crippen LogP contribution in [0.1, 0.15) is 95.9 Å². The van der Waals surface area contributed by atoms with Crippen molar-refractivity contribution in [3.8, 4) is 0 Å². The second kappa shape index (κ2) is 25.3. The maximum absolute atomic E-state index is 13.2. The summed E-state index contributed by atoms with van der Waals surface area (Å²) in [6.07, 6.45) is -0.779. The molecule has 336 valence electrons. The second-order valence-electron chi connectivity index (χ2n) is 17.9. The molecule has 58 heavy (non-hydrogen) atoms. The van der Waals surface area contributed by atoms with Crippen LogP contribution in [0.15, 0.2) is 0 Å². The van der Waals surface area contributed by atoms with E-state index in [1.165, 1.54) is 0 Å². The molecule has 1 aliphatic rings. The van der Waals surface area contributed by atoms with Crippen LogP contribution >= 0.6 is 0 Å². The van der Waals surface area contributed by atoms with E-state index in [9.17, 15) is 28.8 Å². The fourth-order valence-electron chi connectivity index (χ4n) is 5.08. The zero-order valence-corrected chi connectivity index (χ0v) is 37.1. The molecule has 0 aromatic rings. The van der Waals surface area contributed by atoms with Crippen LogP contribution in [0.4, 0.5) is 0 Å². The number of carbonyl (C=O) groups excluding carboxylic acids is 6. The number of esters is 4. The van der Waals surface area contributed by atoms with E-state index in [-0.39, 0.29) is 78.8 Å². The van der Waals surface area contributed by atoms with Crippen molar-refractivity contribution in [1.29, 1.82) is 0 Å². The van der Waals surface area contributed by atoms with Gasteiger partial charge in [-0.05, 0) is 83.1 Å². The van der Waals surface area contributed by atoms with Crippen molar-refractivity contribution in [2.24, 2.45) is 0 Å². The van der Waals surface area contributed by atoms with Gasteiger partial charge in [-0.1, -0.05) is 0 Å². The Labute approximate surface area is 344 Å². The molecule has 0 aliphatic carbocycles. The number of nitrogens with one attached hydrogen (secondary N) is 2. The van der Waals surface area contributed by atoms with Crippen LogP contribution in [0.25, 0.3) is 0 Å². The first kappa shape index (κ1) is 52.6. The van der Waals surface area contributed by atoms with E-state index in [2.05, 4.69) is 10.6 Å². The van der Waals surface area contributed by atoms with Crippen molar-refractivity contribution < 1.29 is 66.7 Å². The third-order valence-electron chi connectivity index (χ3n) is 7.32. The van der Waals surface area contributed by atoms with E-state index in [1.807, 2.05) is 9.80 Å². The smallest absolute Gasteiger partial charge is 0.329 e. The Morgan fingerprint density at radius 3 is 0.948 bits per heavy atom. The lowest BCUT2D eigenvalue weighted by Gasteiger charge is -2.27. The van der Waals surface area contributed by atoms with Crippen molar-refractivity contribution in [3.63, 3.8) is 0 Å². The van der Waals surface area contributed by atoms with Gasteiger partial charge in [0.05, 0.1) is 78.8 Å². The Kier molecular flexibility index (Phi) is 22.9. The quantitative estimate of drug-likeness (QED) is 0.212. The van der Waals surface area contributed by atoms with Gasteiger partial charge in [-0.15, -0.1) is 0 Å². The van der Waals surface area contributed by atoms with Crippen LogP contribution in [-0.2, 0) is 66.7 Å². The minimum atomic E-state index is -1.24. The molecule has 2 N–H and O–H groups in total. The summed E-state index contributed by atoms with van der Waals surface area (Å²) in [4.78, 5) is 81.1. The van der Waals surface area contributed by atoms with Crippen molar-refractivity contribution in [2.45, 2.75) is 130 Å². The van der Waals surface area contributed by atoms with Crippen LogP contribution in [0.2, 0.25) is 0 Å². The van der Waals surface area contributed by atoms with E-state index >= 15 is 0 Å². The van der Waals surface area contributed by atoms with Gasteiger partial charge in [0.2, 0.25) is 11.8 Å². The van der Waals surface area contributed by atoms with Crippen molar-refractivity contribution >= 4 is 35.7 Å². The van der Waals surface area contributed by atoms with E-state index in [0.717, 1.165) is 0 Å². The Morgan fingerprint density at radius 2 is 0.707 bits per heavy atom. The molecule has 0 saturated carbocycles. The Morgan fingerprint density at radius 1 is 0.448 bits per heavy atom. The van der Waals surface area contributed by atoms with Gasteiger partial charge in [0.1, 0.15) is 34.5 Å². The average molecular weight is 833 g/mol. The number of ether oxygens (including phenoxy) is 8. The van der Waals surface area contributed by atoms with Gasteiger partial charge >= 0.3 is 23.9 Å². The Bertz CT molecular complexity index is 1180. The number of nitrogens with zero attached hydrogens (tertiary/aromatic N) is 2. The number of rotatable bonds is 12. The summed E-state index contributed by atoms with van der Waals surface area (Å²) in [5.74, 6) is -3.77. The molecule has 18 heteroatoms. The molecular formula is C40H72N4O14. The minimum Gasteiger partial charge on any atom is -0.460 e. The molecule has 0 bridgehead atoms. The highest BCUT2D eigenvalue weighted by molar-refractivity contribution is 5.90. The Hall–Kier alpha value is -3.42. The predicted molar refractivity (Wildman–Crippen MR) is 213 cm³/mol. The summed E-state index contributed by atoms with van der Waals surface area (Å²) < 4.78 is 44.7. The number of carbonyl (C=O) groups is 6. The van der Waals surface area contributed by atoms with Crippen LogP contribution in [0, 0.1) is 0 Å². The first-order valence-corrected chi connectivity index (χ1v) is 19.9. The van der Waals surface area contributed by atoms with E-state index in [0.29, 0.717) is 26.2 Å². The molecule has 1 saturated heterocycles. The third kappa shape index (κ3) is 28.1. The topological polar surface area (TPSA) is 207 Å². The maximum atomic E-state index is 13.2. The van der Waals surface area contributed by atoms with Gasteiger partial charge in [-0.25, -0.2) is 9.59 Å². The summed E-state index contributed by atoms with van der Waals surface area (Å²) in [5.41, 5.74) is -3.22. The summed E-state index contributed by atoms with van der Waals surface area (Å²) >= 11 is 0. The zero-order valence-electron chi connectivity index (χ0n) is 37.1. The molecule has 2 unspecified atom stereocenters. The maximum Gasteiger partial charge on any atom is 0.329 e. The molecular weight excluding hydrogens is 760 g/mol. The van der Waals surface area contributed by atoms with Crippen LogP contribution in [0.5, 0.6) is 0 Å². The highest BCUT2D eigenvalue weighted by Crippen LogP contribution is 2.15. The highest BCUT2D eigenvalue weighted by Gasteiger charge is 2.33. The lowest BCUT2D eigenvalue weighted by Crippen LogP contribution is -2.49. The molecule has 0 radical (unpaired) electrons. The van der Waals surface area contributed by atoms with Gasteiger partial charge in [0.15, 0.2) is 0 Å². The van der Waals surface area contributed by atoms with Crippen molar-refractivity contribution in [2.75, 3.05) is 92.1 Å². The molecule has 18 nitrogen and oxygen atoms in total. The molecule has 0 aromatic carbocycles. The van der Waals surface area contributed by atoms with E-state index in [4.69, 9.17) is 37.9 Å². The lowest BCUT2D eigenvalue weighted by atomic mass is 10.1. The minimum absolute atomic E-state index is 0.101. The number of hydrogen-bond acceptors (Lipinski definition) is 16. The zero-order chi connectivity index (χ0) is 44.2. The first-order valence-electron chi connectivity index (χ1n) is 19.9. The molecule has 2 atom stereocenters. The number of hydrogen-bond donors (Lipinski definition) is 2. The van der Waals surface area contributed by atoms with Crippen molar-refractivity contribution in [3.05, 3.63) is 0 Å². The summed E-state index contributed by atoms with van der Waals surface area (Å²) in [6.45, 7) is 23.8. The summed E-state index contributed by atoms with van der Waals surface area (Å²) in [7, 11) is 0. The standard InChI is InChI=1S/C40H72N4O14/c1-37(2,3)55-33(47)25-29(35(49)57-39(7,8)9)41-31(45)27-43-13-17-51-21-23-53-19-15-44(16-20-54-24-22-52-18-14-43)28-32(46)42-30(36(50)58-40(10,11)12)26-34(48)56-38(4,5)6/h29-30H,13-28H2,1-12H3,(H,41,45)(H,42,46). The van der Waals surface area contributed by atoms with Crippen LogP contribution in [-0.4, -0.2) is 172 Å². The average Bonchev–Trinajstić information content (AvgIpc) is 3.02. The van der Waals surface area contributed by atoms with Gasteiger partial charge < -0.3 is 48.5 Å². The van der Waals surface area contributed by atoms with Crippen molar-refractivity contribution in [1.82, 2.24) is 20.4 Å². The molecule has 2 amide bonds.